The second-order valence-electron chi connectivity index (χ2n) is 4.90. The van der Waals surface area contributed by atoms with Gasteiger partial charge in [0.1, 0.15) is 19.0 Å². The molecule has 0 spiro atoms. The van der Waals surface area contributed by atoms with Gasteiger partial charge in [-0.25, -0.2) is 0 Å². The third-order valence-electron chi connectivity index (χ3n) is 3.29. The molecule has 23 heavy (non-hydrogen) atoms. The molecular formula is C19H21NO3. The maximum absolute atomic E-state index is 8.94. The molecular weight excluding hydrogens is 290 g/mol. The molecule has 0 heterocycles. The summed E-state index contributed by atoms with van der Waals surface area (Å²) in [4.78, 5) is 0. The Morgan fingerprint density at radius 2 is 1.74 bits per heavy atom. The van der Waals surface area contributed by atoms with Crippen molar-refractivity contribution < 1.29 is 14.2 Å². The van der Waals surface area contributed by atoms with Crippen molar-refractivity contribution in [2.45, 2.75) is 20.3 Å². The van der Waals surface area contributed by atoms with Gasteiger partial charge in [-0.05, 0) is 43.2 Å². The zero-order valence-electron chi connectivity index (χ0n) is 13.5. The Morgan fingerprint density at radius 1 is 0.913 bits per heavy atom. The maximum Gasteiger partial charge on any atom is 0.162 e. The van der Waals surface area contributed by atoms with Crippen LogP contribution >= 0.6 is 0 Å². The fourth-order valence-corrected chi connectivity index (χ4v) is 2.13. The van der Waals surface area contributed by atoms with Crippen LogP contribution in [0.25, 0.3) is 0 Å². The highest BCUT2D eigenvalue weighted by atomic mass is 16.5. The molecule has 0 bridgehead atoms. The molecule has 4 heteroatoms. The van der Waals surface area contributed by atoms with E-state index in [9.17, 15) is 0 Å². The van der Waals surface area contributed by atoms with E-state index in [1.54, 1.807) is 18.2 Å². The van der Waals surface area contributed by atoms with Crippen molar-refractivity contribution in [3.8, 4) is 23.3 Å². The van der Waals surface area contributed by atoms with Crippen molar-refractivity contribution >= 4 is 0 Å². The summed E-state index contributed by atoms with van der Waals surface area (Å²) < 4.78 is 16.9. The van der Waals surface area contributed by atoms with Crippen LogP contribution in [0.5, 0.6) is 17.2 Å². The molecule has 0 fully saturated rings. The third-order valence-corrected chi connectivity index (χ3v) is 3.29. The average molecular weight is 311 g/mol. The molecule has 0 radical (unpaired) electrons. The Balaban J connectivity index is 1.89. The molecule has 2 aromatic carbocycles. The molecule has 2 aromatic rings. The molecule has 2 rings (SSSR count). The SMILES string of the molecule is CCOc1cc(C#N)ccc1OCCOc1cccc(CC)c1. The molecule has 0 aliphatic heterocycles. The normalized spacial score (nSPS) is 9.96. The first kappa shape index (κ1) is 16.7. The van der Waals surface area contributed by atoms with Gasteiger partial charge < -0.3 is 14.2 Å². The quantitative estimate of drug-likeness (QED) is 0.692. The van der Waals surface area contributed by atoms with E-state index in [1.807, 2.05) is 25.1 Å². The van der Waals surface area contributed by atoms with Gasteiger partial charge in [-0.3, -0.25) is 0 Å². The minimum absolute atomic E-state index is 0.405. The fourth-order valence-electron chi connectivity index (χ4n) is 2.13. The monoisotopic (exact) mass is 311 g/mol. The Morgan fingerprint density at radius 3 is 2.48 bits per heavy atom. The summed E-state index contributed by atoms with van der Waals surface area (Å²) in [6, 6.07) is 15.3. The van der Waals surface area contributed by atoms with E-state index in [2.05, 4.69) is 19.1 Å². The number of rotatable bonds is 8. The Kier molecular flexibility index (Phi) is 6.31. The minimum atomic E-state index is 0.405. The van der Waals surface area contributed by atoms with Crippen molar-refractivity contribution in [2.24, 2.45) is 0 Å². The van der Waals surface area contributed by atoms with Gasteiger partial charge in [0.2, 0.25) is 0 Å². The Labute approximate surface area is 137 Å². The van der Waals surface area contributed by atoms with Gasteiger partial charge >= 0.3 is 0 Å². The Bertz CT molecular complexity index is 677. The molecule has 0 saturated heterocycles. The van der Waals surface area contributed by atoms with E-state index in [0.29, 0.717) is 36.9 Å². The standard InChI is InChI=1S/C19H21NO3/c1-3-15-6-5-7-17(12-15)22-10-11-23-18-9-8-16(14-20)13-19(18)21-4-2/h5-9,12-13H,3-4,10-11H2,1-2H3. The highest BCUT2D eigenvalue weighted by Gasteiger charge is 2.06. The van der Waals surface area contributed by atoms with Crippen LogP contribution in [0.3, 0.4) is 0 Å². The second-order valence-corrected chi connectivity index (χ2v) is 4.90. The van der Waals surface area contributed by atoms with E-state index >= 15 is 0 Å². The summed E-state index contributed by atoms with van der Waals surface area (Å²) in [7, 11) is 0. The highest BCUT2D eigenvalue weighted by molar-refractivity contribution is 5.46. The van der Waals surface area contributed by atoms with Crippen LogP contribution in [0.15, 0.2) is 42.5 Å². The predicted octanol–water partition coefficient (Wildman–Crippen LogP) is 3.98. The van der Waals surface area contributed by atoms with E-state index in [-0.39, 0.29) is 0 Å². The van der Waals surface area contributed by atoms with Crippen LogP contribution in [0.1, 0.15) is 25.0 Å². The molecule has 0 unspecified atom stereocenters. The van der Waals surface area contributed by atoms with Crippen molar-refractivity contribution in [1.82, 2.24) is 0 Å². The van der Waals surface area contributed by atoms with E-state index < -0.39 is 0 Å². The molecule has 0 saturated carbocycles. The van der Waals surface area contributed by atoms with Gasteiger partial charge in [-0.1, -0.05) is 19.1 Å². The van der Waals surface area contributed by atoms with Crippen LogP contribution in [0.4, 0.5) is 0 Å². The molecule has 0 aliphatic carbocycles. The molecule has 4 nitrogen and oxygen atoms in total. The highest BCUT2D eigenvalue weighted by Crippen LogP contribution is 2.28. The van der Waals surface area contributed by atoms with Crippen LogP contribution in [0.2, 0.25) is 0 Å². The van der Waals surface area contributed by atoms with Gasteiger partial charge in [-0.15, -0.1) is 0 Å². The van der Waals surface area contributed by atoms with Gasteiger partial charge in [0.05, 0.1) is 18.2 Å². The van der Waals surface area contributed by atoms with Crippen molar-refractivity contribution in [2.75, 3.05) is 19.8 Å². The van der Waals surface area contributed by atoms with Gasteiger partial charge in [0.25, 0.3) is 0 Å². The summed E-state index contributed by atoms with van der Waals surface area (Å²) in [6.07, 6.45) is 0.983. The molecule has 0 amide bonds. The summed E-state index contributed by atoms with van der Waals surface area (Å²) >= 11 is 0. The average Bonchev–Trinajstić information content (AvgIpc) is 2.60. The lowest BCUT2D eigenvalue weighted by Gasteiger charge is -2.13. The number of aryl methyl sites for hydroxylation is 1. The number of ether oxygens (including phenoxy) is 3. The number of hydrogen-bond donors (Lipinski definition) is 0. The summed E-state index contributed by atoms with van der Waals surface area (Å²) in [5, 5.41) is 8.94. The molecule has 0 atom stereocenters. The van der Waals surface area contributed by atoms with Crippen molar-refractivity contribution in [1.29, 1.82) is 5.26 Å². The molecule has 0 aromatic heterocycles. The van der Waals surface area contributed by atoms with E-state index in [4.69, 9.17) is 19.5 Å². The summed E-state index contributed by atoms with van der Waals surface area (Å²) in [5.74, 6) is 2.05. The number of benzene rings is 2. The fraction of sp³-hybridized carbons (Fsp3) is 0.316. The first-order valence-electron chi connectivity index (χ1n) is 7.78. The largest absolute Gasteiger partial charge is 0.490 e. The van der Waals surface area contributed by atoms with Crippen molar-refractivity contribution in [3.63, 3.8) is 0 Å². The van der Waals surface area contributed by atoms with E-state index in [1.165, 1.54) is 5.56 Å². The third kappa shape index (κ3) is 4.93. The summed E-state index contributed by atoms with van der Waals surface area (Å²) in [6.45, 7) is 5.38. The number of nitriles is 1. The lowest BCUT2D eigenvalue weighted by atomic mass is 10.2. The van der Waals surface area contributed by atoms with Gasteiger partial charge in [0.15, 0.2) is 11.5 Å². The van der Waals surface area contributed by atoms with Gasteiger partial charge in [0, 0.05) is 6.07 Å². The number of nitrogens with zero attached hydrogens (tertiary/aromatic N) is 1. The molecule has 120 valence electrons. The molecule has 0 aliphatic rings. The topological polar surface area (TPSA) is 51.5 Å². The number of hydrogen-bond acceptors (Lipinski definition) is 4. The minimum Gasteiger partial charge on any atom is -0.490 e. The van der Waals surface area contributed by atoms with Crippen LogP contribution in [-0.2, 0) is 6.42 Å². The maximum atomic E-state index is 8.94. The lowest BCUT2D eigenvalue weighted by Crippen LogP contribution is -2.10. The molecule has 0 N–H and O–H groups in total. The van der Waals surface area contributed by atoms with Crippen molar-refractivity contribution in [3.05, 3.63) is 53.6 Å². The zero-order chi connectivity index (χ0) is 16.5. The van der Waals surface area contributed by atoms with Gasteiger partial charge in [-0.2, -0.15) is 5.26 Å². The summed E-state index contributed by atoms with van der Waals surface area (Å²) in [5.41, 5.74) is 1.79. The lowest BCUT2D eigenvalue weighted by molar-refractivity contribution is 0.208. The van der Waals surface area contributed by atoms with Crippen LogP contribution in [0, 0.1) is 11.3 Å². The predicted molar refractivity (Wildman–Crippen MR) is 89.1 cm³/mol. The van der Waals surface area contributed by atoms with E-state index in [0.717, 1.165) is 12.2 Å². The Hall–Kier alpha value is -2.67. The zero-order valence-corrected chi connectivity index (χ0v) is 13.5. The van der Waals surface area contributed by atoms with Crippen LogP contribution < -0.4 is 14.2 Å². The first-order chi connectivity index (χ1) is 11.3. The van der Waals surface area contributed by atoms with Crippen LogP contribution in [-0.4, -0.2) is 19.8 Å². The smallest absolute Gasteiger partial charge is 0.162 e. The first-order valence-corrected chi connectivity index (χ1v) is 7.78. The second kappa shape index (κ2) is 8.70.